The Hall–Kier alpha value is -0.560. The average Bonchev–Trinajstić information content (AvgIpc) is 2.27. The molecule has 0 atom stereocenters. The van der Waals surface area contributed by atoms with Gasteiger partial charge in [-0.05, 0) is 40.5 Å². The highest BCUT2D eigenvalue weighted by atomic mass is 35.5. The lowest BCUT2D eigenvalue weighted by atomic mass is 10.1. The second kappa shape index (κ2) is 11.9. The van der Waals surface area contributed by atoms with Crippen molar-refractivity contribution in [3.63, 3.8) is 0 Å². The number of halogens is 2. The Balaban J connectivity index is -0.00000180. The molecule has 0 unspecified atom stereocenters. The number of esters is 2. The summed E-state index contributed by atoms with van der Waals surface area (Å²) in [6, 6.07) is 0. The number of unbranched alkanes of at least 4 members (excludes halogenated alkanes) is 1. The van der Waals surface area contributed by atoms with E-state index >= 15 is 0 Å². The lowest BCUT2D eigenvalue weighted by Crippen LogP contribution is -3.00. The third-order valence-electron chi connectivity index (χ3n) is 2.26. The van der Waals surface area contributed by atoms with Crippen molar-refractivity contribution in [1.82, 2.24) is 0 Å². The Morgan fingerprint density at radius 2 is 1.05 bits per heavy atom. The minimum Gasteiger partial charge on any atom is -1.00 e. The predicted molar refractivity (Wildman–Crippen MR) is 74.3 cm³/mol. The number of hydrogen-bond donors (Lipinski definition) is 2. The van der Waals surface area contributed by atoms with Crippen molar-refractivity contribution in [2.24, 2.45) is 0 Å². The van der Waals surface area contributed by atoms with E-state index in [0.29, 0.717) is 38.9 Å². The van der Waals surface area contributed by atoms with Crippen molar-refractivity contribution in [3.8, 4) is 0 Å². The molecule has 0 saturated heterocycles. The molecule has 0 radical (unpaired) electrons. The smallest absolute Gasteiger partial charge is 0.306 e. The first-order chi connectivity index (χ1) is 8.99. The largest absolute Gasteiger partial charge is 1.00 e. The summed E-state index contributed by atoms with van der Waals surface area (Å²) < 4.78 is 10.2. The molecule has 0 amide bonds. The van der Waals surface area contributed by atoms with Gasteiger partial charge in [0.2, 0.25) is 0 Å². The maximum Gasteiger partial charge on any atom is 0.306 e. The van der Waals surface area contributed by atoms with Crippen LogP contribution in [0.4, 0.5) is 0 Å². The van der Waals surface area contributed by atoms with Gasteiger partial charge < -0.3 is 45.8 Å². The van der Waals surface area contributed by atoms with Crippen molar-refractivity contribution in [1.29, 1.82) is 0 Å². The second-order valence-electron chi connectivity index (χ2n) is 6.86. The summed E-state index contributed by atoms with van der Waals surface area (Å²) in [5.41, 5.74) is 7.19. The molecule has 0 aromatic carbocycles. The van der Waals surface area contributed by atoms with Crippen molar-refractivity contribution < 1.29 is 55.3 Å². The standard InChI is InChI=1S/C14H28N2O4.2ClH/c1-13(2,15)9-19-11(17)7-5-6-8-12(18)20-10-14(3,4)16;;/h5-10,15-16H2,1-4H3;2*1H. The van der Waals surface area contributed by atoms with Crippen molar-refractivity contribution in [2.45, 2.75) is 64.5 Å². The summed E-state index contributed by atoms with van der Waals surface area (Å²) in [6.45, 7) is 8.24. The van der Waals surface area contributed by atoms with Crippen molar-refractivity contribution in [2.75, 3.05) is 13.2 Å². The predicted octanol–water partition coefficient (Wildman–Crippen LogP) is -6.32. The molecule has 0 spiro atoms. The maximum atomic E-state index is 11.4. The van der Waals surface area contributed by atoms with Gasteiger partial charge >= 0.3 is 11.9 Å². The number of rotatable bonds is 9. The van der Waals surface area contributed by atoms with Gasteiger partial charge in [0.1, 0.15) is 24.3 Å². The quantitative estimate of drug-likeness (QED) is 0.315. The molecular weight excluding hydrogens is 331 g/mol. The highest BCUT2D eigenvalue weighted by Gasteiger charge is 2.19. The molecule has 0 aliphatic heterocycles. The van der Waals surface area contributed by atoms with Crippen LogP contribution in [0.2, 0.25) is 0 Å². The van der Waals surface area contributed by atoms with Crippen LogP contribution in [0.5, 0.6) is 0 Å². The van der Waals surface area contributed by atoms with E-state index in [1.54, 1.807) is 0 Å². The van der Waals surface area contributed by atoms with E-state index < -0.39 is 0 Å². The molecule has 0 aromatic heterocycles. The van der Waals surface area contributed by atoms with Gasteiger partial charge in [-0.2, -0.15) is 0 Å². The Morgan fingerprint density at radius 3 is 1.27 bits per heavy atom. The molecule has 0 aromatic rings. The highest BCUT2D eigenvalue weighted by Crippen LogP contribution is 2.05. The molecule has 0 fully saturated rings. The SMILES string of the molecule is CC(C)([NH3+])COC(=O)CCCCC(=O)OCC(C)(C)[NH3+].[Cl-].[Cl-]. The normalized spacial score (nSPS) is 11.0. The number of ether oxygens (including phenoxy) is 2. The van der Waals surface area contributed by atoms with E-state index in [0.717, 1.165) is 0 Å². The lowest BCUT2D eigenvalue weighted by molar-refractivity contribution is -0.471. The summed E-state index contributed by atoms with van der Waals surface area (Å²) in [5, 5.41) is 0. The zero-order valence-electron chi connectivity index (χ0n) is 14.0. The Bertz CT molecular complexity index is 294. The molecule has 0 bridgehead atoms. The van der Waals surface area contributed by atoms with Crippen molar-refractivity contribution in [3.05, 3.63) is 0 Å². The number of quaternary nitrogens is 2. The zero-order valence-corrected chi connectivity index (χ0v) is 15.6. The third kappa shape index (κ3) is 19.4. The Morgan fingerprint density at radius 1 is 0.773 bits per heavy atom. The first kappa shape index (κ1) is 26.3. The molecule has 134 valence electrons. The monoisotopic (exact) mass is 360 g/mol. The molecule has 6 N–H and O–H groups in total. The Kier molecular flexibility index (Phi) is 14.3. The topological polar surface area (TPSA) is 108 Å². The summed E-state index contributed by atoms with van der Waals surface area (Å²) in [7, 11) is 0. The Labute approximate surface area is 145 Å². The second-order valence-corrected chi connectivity index (χ2v) is 6.86. The summed E-state index contributed by atoms with van der Waals surface area (Å²) in [6.07, 6.45) is 1.90. The van der Waals surface area contributed by atoms with Gasteiger partial charge in [-0.15, -0.1) is 0 Å². The van der Waals surface area contributed by atoms with E-state index in [1.165, 1.54) is 0 Å². The number of carbonyl (C=O) groups is 2. The van der Waals surface area contributed by atoms with E-state index in [9.17, 15) is 9.59 Å². The summed E-state index contributed by atoms with van der Waals surface area (Å²) in [4.78, 5) is 22.8. The van der Waals surface area contributed by atoms with Crippen LogP contribution in [0.15, 0.2) is 0 Å². The fraction of sp³-hybridized carbons (Fsp3) is 0.857. The summed E-state index contributed by atoms with van der Waals surface area (Å²) >= 11 is 0. The molecule has 6 nitrogen and oxygen atoms in total. The molecule has 8 heteroatoms. The van der Waals surface area contributed by atoms with Gasteiger partial charge in [-0.25, -0.2) is 0 Å². The molecule has 0 heterocycles. The van der Waals surface area contributed by atoms with Crippen LogP contribution in [-0.4, -0.2) is 36.2 Å². The highest BCUT2D eigenvalue weighted by molar-refractivity contribution is 5.70. The minimum absolute atomic E-state index is 0. The zero-order chi connectivity index (χ0) is 15.8. The van der Waals surface area contributed by atoms with E-state index in [4.69, 9.17) is 9.47 Å². The van der Waals surface area contributed by atoms with E-state index in [1.807, 2.05) is 27.7 Å². The molecule has 0 aliphatic carbocycles. The van der Waals surface area contributed by atoms with Crippen LogP contribution in [-0.2, 0) is 19.1 Å². The van der Waals surface area contributed by atoms with Crippen LogP contribution < -0.4 is 36.3 Å². The number of carbonyl (C=O) groups excluding carboxylic acids is 2. The van der Waals surface area contributed by atoms with Gasteiger partial charge in [0.25, 0.3) is 0 Å². The molecular formula is C14H30Cl2N2O4. The van der Waals surface area contributed by atoms with Gasteiger partial charge in [-0.1, -0.05) is 0 Å². The van der Waals surface area contributed by atoms with Crippen LogP contribution in [0.3, 0.4) is 0 Å². The summed E-state index contributed by atoms with van der Waals surface area (Å²) in [5.74, 6) is -0.483. The van der Waals surface area contributed by atoms with Crippen LogP contribution >= 0.6 is 0 Å². The van der Waals surface area contributed by atoms with Crippen molar-refractivity contribution >= 4 is 11.9 Å². The van der Waals surface area contributed by atoms with Gasteiger partial charge in [0.05, 0.1) is 0 Å². The maximum absolute atomic E-state index is 11.4. The molecule has 0 rings (SSSR count). The van der Waals surface area contributed by atoms with Gasteiger partial charge in [-0.3, -0.25) is 9.59 Å². The minimum atomic E-state index is -0.263. The lowest BCUT2D eigenvalue weighted by Gasteiger charge is -2.15. The third-order valence-corrected chi connectivity index (χ3v) is 2.26. The van der Waals surface area contributed by atoms with Crippen LogP contribution in [0, 0.1) is 0 Å². The van der Waals surface area contributed by atoms with Crippen LogP contribution in [0.1, 0.15) is 53.4 Å². The first-order valence-corrected chi connectivity index (χ1v) is 7.02. The van der Waals surface area contributed by atoms with Crippen LogP contribution in [0.25, 0.3) is 0 Å². The van der Waals surface area contributed by atoms with Gasteiger partial charge in [0, 0.05) is 12.8 Å². The van der Waals surface area contributed by atoms with E-state index in [-0.39, 0.29) is 47.8 Å². The van der Waals surface area contributed by atoms with E-state index in [2.05, 4.69) is 11.5 Å². The van der Waals surface area contributed by atoms with Gasteiger partial charge in [0.15, 0.2) is 0 Å². The fourth-order valence-electron chi connectivity index (χ4n) is 1.23. The molecule has 22 heavy (non-hydrogen) atoms. The molecule has 0 aliphatic rings. The average molecular weight is 361 g/mol. The molecule has 0 saturated carbocycles. The first-order valence-electron chi connectivity index (χ1n) is 7.02. The number of hydrogen-bond acceptors (Lipinski definition) is 4. The fourth-order valence-corrected chi connectivity index (χ4v) is 1.23.